The second-order valence-electron chi connectivity index (χ2n) is 5.53. The first-order valence-electron chi connectivity index (χ1n) is 6.80. The molecule has 0 radical (unpaired) electrons. The Kier molecular flexibility index (Phi) is 4.65. The lowest BCUT2D eigenvalue weighted by Gasteiger charge is -2.39. The second kappa shape index (κ2) is 6.10. The minimum atomic E-state index is -0.184. The number of hydrogen-bond donors (Lipinski definition) is 0. The summed E-state index contributed by atoms with van der Waals surface area (Å²) in [6.45, 7) is 7.53. The Balaban J connectivity index is 2.21. The van der Waals surface area contributed by atoms with Crippen LogP contribution >= 0.6 is 11.6 Å². The maximum Gasteiger partial charge on any atom is 0.322 e. The molecule has 1 saturated heterocycles. The molecule has 0 N–H and O–H groups in total. The maximum absolute atomic E-state index is 5.96. The molecule has 0 bridgehead atoms. The molecule has 1 fully saturated rings. The Morgan fingerprint density at radius 3 is 2.70 bits per heavy atom. The first-order valence-corrected chi connectivity index (χ1v) is 7.18. The summed E-state index contributed by atoms with van der Waals surface area (Å²) in [7, 11) is 1.73. The zero-order chi connectivity index (χ0) is 14.8. The average molecular weight is 301 g/mol. The minimum Gasteiger partial charge on any atom is -0.461 e. The summed E-state index contributed by atoms with van der Waals surface area (Å²) < 4.78 is 11.1. The van der Waals surface area contributed by atoms with E-state index in [1.165, 1.54) is 0 Å². The minimum absolute atomic E-state index is 0.00749. The molecule has 0 aromatic carbocycles. The Morgan fingerprint density at radius 2 is 2.05 bits per heavy atom. The highest BCUT2D eigenvalue weighted by molar-refractivity contribution is 6.28. The van der Waals surface area contributed by atoms with Gasteiger partial charge in [-0.25, -0.2) is 0 Å². The first kappa shape index (κ1) is 15.3. The highest BCUT2D eigenvalue weighted by atomic mass is 35.5. The predicted molar refractivity (Wildman–Crippen MR) is 77.5 cm³/mol. The van der Waals surface area contributed by atoms with Crippen LogP contribution in [0.5, 0.6) is 6.01 Å². The largest absolute Gasteiger partial charge is 0.461 e. The molecular formula is C13H21ClN4O2. The van der Waals surface area contributed by atoms with Gasteiger partial charge in [-0.1, -0.05) is 0 Å². The zero-order valence-electron chi connectivity index (χ0n) is 12.4. The molecule has 1 aliphatic rings. The van der Waals surface area contributed by atoms with Crippen molar-refractivity contribution >= 4 is 17.5 Å². The van der Waals surface area contributed by atoms with Gasteiger partial charge in [0, 0.05) is 20.2 Å². The Hall–Kier alpha value is -1.14. The zero-order valence-corrected chi connectivity index (χ0v) is 13.1. The van der Waals surface area contributed by atoms with Crippen molar-refractivity contribution in [3.8, 4) is 6.01 Å². The van der Waals surface area contributed by atoms with Gasteiger partial charge in [-0.05, 0) is 45.2 Å². The number of rotatable bonds is 4. The highest BCUT2D eigenvalue weighted by Gasteiger charge is 2.32. The summed E-state index contributed by atoms with van der Waals surface area (Å²) in [4.78, 5) is 14.6. The summed E-state index contributed by atoms with van der Waals surface area (Å²) in [5, 5.41) is 0.148. The van der Waals surface area contributed by atoms with Gasteiger partial charge in [0.25, 0.3) is 0 Å². The molecular weight excluding hydrogens is 280 g/mol. The van der Waals surface area contributed by atoms with Gasteiger partial charge in [0.2, 0.25) is 11.2 Å². The summed E-state index contributed by atoms with van der Waals surface area (Å²) in [5.41, 5.74) is -0.184. The standard InChI is InChI=1S/C13H21ClN4O2/c1-9(2)20-12-16-10(14)15-11(17-12)18-7-5-6-13(3,8-18)19-4/h9H,5-8H2,1-4H3. The molecule has 0 saturated carbocycles. The number of aromatic nitrogens is 3. The van der Waals surface area contributed by atoms with Crippen molar-refractivity contribution in [3.05, 3.63) is 5.28 Å². The fourth-order valence-corrected chi connectivity index (χ4v) is 2.42. The summed E-state index contributed by atoms with van der Waals surface area (Å²) >= 11 is 5.96. The number of piperidine rings is 1. The van der Waals surface area contributed by atoms with Crippen LogP contribution in [0, 0.1) is 0 Å². The first-order chi connectivity index (χ1) is 9.42. The molecule has 2 heterocycles. The summed E-state index contributed by atoms with van der Waals surface area (Å²) in [6, 6.07) is 0.264. The molecule has 6 nitrogen and oxygen atoms in total. The molecule has 112 valence electrons. The van der Waals surface area contributed by atoms with Crippen molar-refractivity contribution in [2.24, 2.45) is 0 Å². The molecule has 2 rings (SSSR count). The van der Waals surface area contributed by atoms with E-state index in [1.54, 1.807) is 7.11 Å². The van der Waals surface area contributed by atoms with Crippen LogP contribution in [0.25, 0.3) is 0 Å². The lowest BCUT2D eigenvalue weighted by molar-refractivity contribution is -0.00504. The molecule has 0 spiro atoms. The SMILES string of the molecule is COC1(C)CCCN(c2nc(Cl)nc(OC(C)C)n2)C1. The average Bonchev–Trinajstić information content (AvgIpc) is 2.37. The third-order valence-corrected chi connectivity index (χ3v) is 3.52. The molecule has 0 aliphatic carbocycles. The topological polar surface area (TPSA) is 60.4 Å². The fraction of sp³-hybridized carbons (Fsp3) is 0.769. The quantitative estimate of drug-likeness (QED) is 0.850. The van der Waals surface area contributed by atoms with Crippen LogP contribution in [0.4, 0.5) is 5.95 Å². The van der Waals surface area contributed by atoms with Crippen LogP contribution in [0.2, 0.25) is 5.28 Å². The number of methoxy groups -OCH3 is 1. The van der Waals surface area contributed by atoms with Gasteiger partial charge in [-0.3, -0.25) is 0 Å². The van der Waals surface area contributed by atoms with Crippen LogP contribution in [-0.2, 0) is 4.74 Å². The lowest BCUT2D eigenvalue weighted by atomic mass is 9.95. The molecule has 1 atom stereocenters. The van der Waals surface area contributed by atoms with Crippen molar-refractivity contribution in [2.45, 2.75) is 45.3 Å². The highest BCUT2D eigenvalue weighted by Crippen LogP contribution is 2.27. The van der Waals surface area contributed by atoms with Gasteiger partial charge >= 0.3 is 6.01 Å². The van der Waals surface area contributed by atoms with Crippen LogP contribution in [-0.4, -0.2) is 46.9 Å². The smallest absolute Gasteiger partial charge is 0.322 e. The molecule has 1 aromatic rings. The normalized spacial score (nSPS) is 23.2. The van der Waals surface area contributed by atoms with Crippen molar-refractivity contribution in [1.82, 2.24) is 15.0 Å². The fourth-order valence-electron chi connectivity index (χ4n) is 2.27. The van der Waals surface area contributed by atoms with Crippen molar-refractivity contribution in [1.29, 1.82) is 0 Å². The third-order valence-electron chi connectivity index (χ3n) is 3.35. The Labute approximate surface area is 124 Å². The van der Waals surface area contributed by atoms with Gasteiger partial charge < -0.3 is 14.4 Å². The maximum atomic E-state index is 5.96. The van der Waals surface area contributed by atoms with E-state index in [9.17, 15) is 0 Å². The Bertz CT molecular complexity index is 472. The van der Waals surface area contributed by atoms with Crippen molar-refractivity contribution in [3.63, 3.8) is 0 Å². The van der Waals surface area contributed by atoms with Gasteiger partial charge in [0.05, 0.1) is 11.7 Å². The lowest BCUT2D eigenvalue weighted by Crippen LogP contribution is -2.48. The molecule has 7 heteroatoms. The van der Waals surface area contributed by atoms with Crippen LogP contribution < -0.4 is 9.64 Å². The van der Waals surface area contributed by atoms with E-state index < -0.39 is 0 Å². The van der Waals surface area contributed by atoms with Gasteiger partial charge in [0.1, 0.15) is 0 Å². The monoisotopic (exact) mass is 300 g/mol. The van der Waals surface area contributed by atoms with Gasteiger partial charge in [-0.15, -0.1) is 0 Å². The second-order valence-corrected chi connectivity index (χ2v) is 5.87. The summed E-state index contributed by atoms with van der Waals surface area (Å²) in [6.07, 6.45) is 2.04. The Morgan fingerprint density at radius 1 is 1.30 bits per heavy atom. The molecule has 20 heavy (non-hydrogen) atoms. The van der Waals surface area contributed by atoms with E-state index in [2.05, 4.69) is 26.8 Å². The van der Waals surface area contributed by atoms with E-state index >= 15 is 0 Å². The number of nitrogens with zero attached hydrogens (tertiary/aromatic N) is 4. The number of ether oxygens (including phenoxy) is 2. The molecule has 1 aliphatic heterocycles. The predicted octanol–water partition coefficient (Wildman–Crippen LogP) is 2.32. The van der Waals surface area contributed by atoms with Crippen molar-refractivity contribution < 1.29 is 9.47 Å². The molecule has 1 unspecified atom stereocenters. The van der Waals surface area contributed by atoms with Gasteiger partial charge in [-0.2, -0.15) is 15.0 Å². The van der Waals surface area contributed by atoms with E-state index in [-0.39, 0.29) is 23.0 Å². The third kappa shape index (κ3) is 3.70. The van der Waals surface area contributed by atoms with E-state index in [0.29, 0.717) is 5.95 Å². The number of anilines is 1. The van der Waals surface area contributed by atoms with E-state index in [0.717, 1.165) is 25.9 Å². The van der Waals surface area contributed by atoms with Crippen LogP contribution in [0.3, 0.4) is 0 Å². The molecule has 1 aromatic heterocycles. The molecule has 0 amide bonds. The van der Waals surface area contributed by atoms with E-state index in [1.807, 2.05) is 13.8 Å². The van der Waals surface area contributed by atoms with E-state index in [4.69, 9.17) is 21.1 Å². The van der Waals surface area contributed by atoms with Crippen LogP contribution in [0.15, 0.2) is 0 Å². The number of halogens is 1. The van der Waals surface area contributed by atoms with Crippen LogP contribution in [0.1, 0.15) is 33.6 Å². The van der Waals surface area contributed by atoms with Crippen molar-refractivity contribution in [2.75, 3.05) is 25.1 Å². The number of hydrogen-bond acceptors (Lipinski definition) is 6. The summed E-state index contributed by atoms with van der Waals surface area (Å²) in [5.74, 6) is 0.545. The van der Waals surface area contributed by atoms with Gasteiger partial charge in [0.15, 0.2) is 0 Å².